The van der Waals surface area contributed by atoms with Gasteiger partial charge >= 0.3 is 0 Å². The van der Waals surface area contributed by atoms with Gasteiger partial charge in [0.15, 0.2) is 0 Å². The quantitative estimate of drug-likeness (QED) is 0.819. The molecule has 1 aromatic carbocycles. The summed E-state index contributed by atoms with van der Waals surface area (Å²) in [5.41, 5.74) is 3.99. The number of hydrogen-bond donors (Lipinski definition) is 0. The fourth-order valence-corrected chi connectivity index (χ4v) is 2.11. The van der Waals surface area contributed by atoms with Gasteiger partial charge in [0, 0.05) is 31.3 Å². The number of ether oxygens (including phenoxy) is 1. The Kier molecular flexibility index (Phi) is 5.17. The van der Waals surface area contributed by atoms with Gasteiger partial charge in [0.25, 0.3) is 5.91 Å². The summed E-state index contributed by atoms with van der Waals surface area (Å²) in [5.74, 6) is 0.0105. The first-order valence-corrected chi connectivity index (χ1v) is 6.98. The molecule has 0 bridgehead atoms. The fraction of sp³-hybridized carbons (Fsp3) is 0.353. The van der Waals surface area contributed by atoms with Gasteiger partial charge in [-0.1, -0.05) is 6.07 Å². The average Bonchev–Trinajstić information content (AvgIpc) is 2.98. The van der Waals surface area contributed by atoms with Gasteiger partial charge < -0.3 is 14.1 Å². The Bertz CT molecular complexity index is 590. The maximum absolute atomic E-state index is 12.7. The highest BCUT2D eigenvalue weighted by molar-refractivity contribution is 5.94. The second-order valence-electron chi connectivity index (χ2n) is 5.15. The minimum atomic E-state index is 0.0105. The van der Waals surface area contributed by atoms with E-state index in [-0.39, 0.29) is 5.91 Å². The van der Waals surface area contributed by atoms with Crippen molar-refractivity contribution in [3.63, 3.8) is 0 Å². The number of hydrogen-bond acceptors (Lipinski definition) is 3. The highest BCUT2D eigenvalue weighted by Crippen LogP contribution is 2.14. The van der Waals surface area contributed by atoms with Crippen molar-refractivity contribution in [2.75, 3.05) is 20.3 Å². The first-order valence-electron chi connectivity index (χ1n) is 6.98. The molecular formula is C17H21NO3. The van der Waals surface area contributed by atoms with E-state index < -0.39 is 0 Å². The van der Waals surface area contributed by atoms with Crippen LogP contribution in [0.15, 0.2) is 41.2 Å². The molecule has 0 aliphatic carbocycles. The summed E-state index contributed by atoms with van der Waals surface area (Å²) < 4.78 is 10.2. The van der Waals surface area contributed by atoms with E-state index in [4.69, 9.17) is 9.15 Å². The summed E-state index contributed by atoms with van der Waals surface area (Å²) in [5, 5.41) is 0. The van der Waals surface area contributed by atoms with Crippen molar-refractivity contribution in [3.8, 4) is 0 Å². The number of rotatable bonds is 6. The molecule has 112 valence electrons. The molecule has 0 aliphatic heterocycles. The fourth-order valence-electron chi connectivity index (χ4n) is 2.11. The van der Waals surface area contributed by atoms with Crippen molar-refractivity contribution in [1.29, 1.82) is 0 Å². The van der Waals surface area contributed by atoms with E-state index >= 15 is 0 Å². The Balaban J connectivity index is 2.18. The molecule has 1 heterocycles. The summed E-state index contributed by atoms with van der Waals surface area (Å²) in [7, 11) is 1.64. The second kappa shape index (κ2) is 7.09. The van der Waals surface area contributed by atoms with Crippen LogP contribution in [0.1, 0.15) is 27.0 Å². The Morgan fingerprint density at radius 3 is 2.67 bits per heavy atom. The van der Waals surface area contributed by atoms with E-state index in [0.29, 0.717) is 25.3 Å². The van der Waals surface area contributed by atoms with Gasteiger partial charge in [-0.3, -0.25) is 4.79 Å². The lowest BCUT2D eigenvalue weighted by molar-refractivity contribution is 0.0680. The standard InChI is InChI=1S/C17H21NO3/c1-13-4-5-16(10-14(13)2)17(19)18(7-9-20-3)11-15-6-8-21-12-15/h4-6,8,10,12H,7,9,11H2,1-3H3. The van der Waals surface area contributed by atoms with Crippen LogP contribution < -0.4 is 0 Å². The average molecular weight is 287 g/mol. The van der Waals surface area contributed by atoms with Crippen molar-refractivity contribution in [2.45, 2.75) is 20.4 Å². The summed E-state index contributed by atoms with van der Waals surface area (Å²) in [6.07, 6.45) is 3.28. The molecule has 0 spiro atoms. The highest BCUT2D eigenvalue weighted by atomic mass is 16.5. The first-order chi connectivity index (χ1) is 10.1. The molecule has 1 amide bonds. The number of benzene rings is 1. The Morgan fingerprint density at radius 2 is 2.05 bits per heavy atom. The van der Waals surface area contributed by atoms with E-state index in [0.717, 1.165) is 11.1 Å². The zero-order valence-electron chi connectivity index (χ0n) is 12.8. The van der Waals surface area contributed by atoms with Crippen LogP contribution >= 0.6 is 0 Å². The smallest absolute Gasteiger partial charge is 0.254 e. The van der Waals surface area contributed by atoms with E-state index in [1.54, 1.807) is 24.5 Å². The Hall–Kier alpha value is -2.07. The predicted molar refractivity (Wildman–Crippen MR) is 81.2 cm³/mol. The minimum absolute atomic E-state index is 0.0105. The number of carbonyl (C=O) groups excluding carboxylic acids is 1. The van der Waals surface area contributed by atoms with Gasteiger partial charge in [-0.05, 0) is 43.2 Å². The molecule has 0 saturated carbocycles. The van der Waals surface area contributed by atoms with Crippen LogP contribution in [0.4, 0.5) is 0 Å². The van der Waals surface area contributed by atoms with Crippen LogP contribution in [0.2, 0.25) is 0 Å². The molecule has 21 heavy (non-hydrogen) atoms. The SMILES string of the molecule is COCCN(Cc1ccoc1)C(=O)c1ccc(C)c(C)c1. The van der Waals surface area contributed by atoms with Gasteiger partial charge in [0.05, 0.1) is 19.1 Å². The van der Waals surface area contributed by atoms with Crippen molar-refractivity contribution in [2.24, 2.45) is 0 Å². The molecule has 4 nitrogen and oxygen atoms in total. The van der Waals surface area contributed by atoms with Crippen LogP contribution in [0.5, 0.6) is 0 Å². The van der Waals surface area contributed by atoms with Crippen molar-refractivity contribution in [1.82, 2.24) is 4.90 Å². The van der Waals surface area contributed by atoms with Crippen LogP contribution in [0, 0.1) is 13.8 Å². The van der Waals surface area contributed by atoms with E-state index in [2.05, 4.69) is 0 Å². The molecule has 0 N–H and O–H groups in total. The number of carbonyl (C=O) groups is 1. The van der Waals surface area contributed by atoms with Gasteiger partial charge in [0.2, 0.25) is 0 Å². The number of nitrogens with zero attached hydrogens (tertiary/aromatic N) is 1. The van der Waals surface area contributed by atoms with Crippen LogP contribution in [0.25, 0.3) is 0 Å². The van der Waals surface area contributed by atoms with Crippen LogP contribution in [-0.4, -0.2) is 31.1 Å². The largest absolute Gasteiger partial charge is 0.472 e. The number of amides is 1. The van der Waals surface area contributed by atoms with Gasteiger partial charge in [-0.15, -0.1) is 0 Å². The Morgan fingerprint density at radius 1 is 1.24 bits per heavy atom. The number of furan rings is 1. The lowest BCUT2D eigenvalue weighted by atomic mass is 10.1. The van der Waals surface area contributed by atoms with Crippen LogP contribution in [-0.2, 0) is 11.3 Å². The van der Waals surface area contributed by atoms with Crippen molar-refractivity contribution < 1.29 is 13.9 Å². The predicted octanol–water partition coefficient (Wildman–Crippen LogP) is 3.19. The Labute approximate surface area is 125 Å². The molecule has 0 fully saturated rings. The maximum Gasteiger partial charge on any atom is 0.254 e. The van der Waals surface area contributed by atoms with E-state index in [9.17, 15) is 4.79 Å². The molecule has 0 unspecified atom stereocenters. The van der Waals surface area contributed by atoms with Crippen molar-refractivity contribution >= 4 is 5.91 Å². The topological polar surface area (TPSA) is 42.7 Å². The van der Waals surface area contributed by atoms with Gasteiger partial charge in [-0.2, -0.15) is 0 Å². The zero-order chi connectivity index (χ0) is 15.2. The van der Waals surface area contributed by atoms with Gasteiger partial charge in [0.1, 0.15) is 0 Å². The summed E-state index contributed by atoms with van der Waals surface area (Å²) in [4.78, 5) is 14.5. The molecule has 0 radical (unpaired) electrons. The summed E-state index contributed by atoms with van der Waals surface area (Å²) >= 11 is 0. The molecular weight excluding hydrogens is 266 g/mol. The highest BCUT2D eigenvalue weighted by Gasteiger charge is 2.17. The minimum Gasteiger partial charge on any atom is -0.472 e. The second-order valence-corrected chi connectivity index (χ2v) is 5.15. The van der Waals surface area contributed by atoms with E-state index in [1.807, 2.05) is 38.1 Å². The molecule has 1 aromatic heterocycles. The third-order valence-electron chi connectivity index (χ3n) is 3.56. The van der Waals surface area contributed by atoms with Crippen LogP contribution in [0.3, 0.4) is 0 Å². The lowest BCUT2D eigenvalue weighted by Crippen LogP contribution is -2.33. The molecule has 0 atom stereocenters. The lowest BCUT2D eigenvalue weighted by Gasteiger charge is -2.22. The van der Waals surface area contributed by atoms with E-state index in [1.165, 1.54) is 5.56 Å². The third kappa shape index (κ3) is 3.95. The molecule has 0 saturated heterocycles. The maximum atomic E-state index is 12.7. The zero-order valence-corrected chi connectivity index (χ0v) is 12.8. The summed E-state index contributed by atoms with van der Waals surface area (Å²) in [6.45, 7) is 5.63. The molecule has 2 rings (SSSR count). The molecule has 2 aromatic rings. The monoisotopic (exact) mass is 287 g/mol. The van der Waals surface area contributed by atoms with Crippen molar-refractivity contribution in [3.05, 3.63) is 59.0 Å². The molecule has 4 heteroatoms. The number of aryl methyl sites for hydroxylation is 2. The summed E-state index contributed by atoms with van der Waals surface area (Å²) in [6, 6.07) is 7.66. The molecule has 0 aliphatic rings. The number of methoxy groups -OCH3 is 1. The van der Waals surface area contributed by atoms with Gasteiger partial charge in [-0.25, -0.2) is 0 Å². The first kappa shape index (κ1) is 15.3. The normalized spacial score (nSPS) is 10.6. The third-order valence-corrected chi connectivity index (χ3v) is 3.56.